The highest BCUT2D eigenvalue weighted by Crippen LogP contribution is 2.38. The molecular formula is C18H16N6O2. The minimum Gasteiger partial charge on any atom is -0.485 e. The molecule has 3 heterocycles. The van der Waals surface area contributed by atoms with E-state index in [-0.39, 0.29) is 0 Å². The summed E-state index contributed by atoms with van der Waals surface area (Å²) in [6.45, 7) is 0.291. The molecule has 8 nitrogen and oxygen atoms in total. The summed E-state index contributed by atoms with van der Waals surface area (Å²) in [6, 6.07) is 9.58. The van der Waals surface area contributed by atoms with Gasteiger partial charge in [-0.25, -0.2) is 9.97 Å². The first-order valence-electron chi connectivity index (χ1n) is 8.45. The number of rotatable bonds is 6. The maximum absolute atomic E-state index is 5.73. The number of nitrogens with one attached hydrogen (secondary N) is 2. The van der Waals surface area contributed by atoms with Crippen molar-refractivity contribution >= 4 is 22.5 Å². The summed E-state index contributed by atoms with van der Waals surface area (Å²) in [4.78, 5) is 15.9. The Bertz CT molecular complexity index is 1040. The van der Waals surface area contributed by atoms with E-state index in [1.807, 2.05) is 36.5 Å². The summed E-state index contributed by atoms with van der Waals surface area (Å²) in [5, 5.41) is 8.18. The van der Waals surface area contributed by atoms with Gasteiger partial charge in [0.2, 0.25) is 11.7 Å². The van der Waals surface area contributed by atoms with Crippen LogP contribution in [0, 0.1) is 0 Å². The SMILES string of the molecule is c1nc(Nc2ccc(OCc3noc(C4CC4)n3)cc2)c2cc[nH]c2n1. The highest BCUT2D eigenvalue weighted by Gasteiger charge is 2.29. The molecular weight excluding hydrogens is 332 g/mol. The van der Waals surface area contributed by atoms with Gasteiger partial charge in [-0.15, -0.1) is 0 Å². The minimum absolute atomic E-state index is 0.291. The van der Waals surface area contributed by atoms with Crippen molar-refractivity contribution in [1.82, 2.24) is 25.1 Å². The Morgan fingerprint density at radius 2 is 2.04 bits per heavy atom. The summed E-state index contributed by atoms with van der Waals surface area (Å²) in [6.07, 6.45) is 5.64. The van der Waals surface area contributed by atoms with Gasteiger partial charge < -0.3 is 19.6 Å². The fourth-order valence-electron chi connectivity index (χ4n) is 2.71. The molecule has 4 aromatic rings. The van der Waals surface area contributed by atoms with Crippen molar-refractivity contribution in [2.24, 2.45) is 0 Å². The Balaban J connectivity index is 1.24. The third-order valence-corrected chi connectivity index (χ3v) is 4.25. The molecule has 3 aromatic heterocycles. The highest BCUT2D eigenvalue weighted by atomic mass is 16.5. The van der Waals surface area contributed by atoms with E-state index in [4.69, 9.17) is 9.26 Å². The fourth-order valence-corrected chi connectivity index (χ4v) is 2.71. The summed E-state index contributed by atoms with van der Waals surface area (Å²) < 4.78 is 11.0. The number of hydrogen-bond acceptors (Lipinski definition) is 7. The molecule has 0 radical (unpaired) electrons. The quantitative estimate of drug-likeness (QED) is 0.549. The molecule has 0 unspecified atom stereocenters. The van der Waals surface area contributed by atoms with E-state index in [2.05, 4.69) is 30.4 Å². The van der Waals surface area contributed by atoms with Crippen molar-refractivity contribution in [2.45, 2.75) is 25.4 Å². The van der Waals surface area contributed by atoms with Gasteiger partial charge in [-0.3, -0.25) is 0 Å². The number of nitrogens with zero attached hydrogens (tertiary/aromatic N) is 4. The number of ether oxygens (including phenoxy) is 1. The van der Waals surface area contributed by atoms with E-state index in [1.54, 1.807) is 0 Å². The summed E-state index contributed by atoms with van der Waals surface area (Å²) >= 11 is 0. The maximum atomic E-state index is 5.73. The van der Waals surface area contributed by atoms with Gasteiger partial charge in [-0.2, -0.15) is 4.98 Å². The van der Waals surface area contributed by atoms with Crippen molar-refractivity contribution in [2.75, 3.05) is 5.32 Å². The van der Waals surface area contributed by atoms with Crippen molar-refractivity contribution in [3.05, 3.63) is 54.6 Å². The van der Waals surface area contributed by atoms with Gasteiger partial charge in [0.05, 0.1) is 5.39 Å². The molecule has 1 aliphatic rings. The molecule has 1 saturated carbocycles. The number of anilines is 2. The van der Waals surface area contributed by atoms with Crippen LogP contribution in [0.25, 0.3) is 11.0 Å². The standard InChI is InChI=1S/C18H16N6O2/c1-2-11(1)18-23-15(24-26-18)9-25-13-5-3-12(4-6-13)22-17-14-7-8-19-16(14)20-10-21-17/h3-8,10-11H,1-2,9H2,(H2,19,20,21,22). The highest BCUT2D eigenvalue weighted by molar-refractivity contribution is 5.88. The topological polar surface area (TPSA) is 102 Å². The van der Waals surface area contributed by atoms with Gasteiger partial charge in [0.15, 0.2) is 6.61 Å². The smallest absolute Gasteiger partial charge is 0.229 e. The summed E-state index contributed by atoms with van der Waals surface area (Å²) in [5.41, 5.74) is 1.71. The zero-order chi connectivity index (χ0) is 17.3. The van der Waals surface area contributed by atoms with Crippen molar-refractivity contribution in [3.8, 4) is 5.75 Å². The fraction of sp³-hybridized carbons (Fsp3) is 0.222. The van der Waals surface area contributed by atoms with E-state index in [9.17, 15) is 0 Å². The van der Waals surface area contributed by atoms with E-state index in [1.165, 1.54) is 6.33 Å². The molecule has 26 heavy (non-hydrogen) atoms. The Kier molecular flexibility index (Phi) is 3.52. The van der Waals surface area contributed by atoms with E-state index in [0.29, 0.717) is 18.3 Å². The second kappa shape index (κ2) is 6.14. The van der Waals surface area contributed by atoms with Gasteiger partial charge in [-0.1, -0.05) is 5.16 Å². The number of fused-ring (bicyclic) bond motifs is 1. The molecule has 0 atom stereocenters. The molecule has 0 amide bonds. The monoisotopic (exact) mass is 348 g/mol. The van der Waals surface area contributed by atoms with Gasteiger partial charge in [-0.05, 0) is 43.2 Å². The molecule has 0 aliphatic heterocycles. The van der Waals surface area contributed by atoms with Crippen LogP contribution in [-0.4, -0.2) is 25.1 Å². The lowest BCUT2D eigenvalue weighted by Crippen LogP contribution is -1.98. The molecule has 130 valence electrons. The third kappa shape index (κ3) is 2.97. The lowest BCUT2D eigenvalue weighted by molar-refractivity contribution is 0.285. The first-order chi connectivity index (χ1) is 12.8. The van der Waals surface area contributed by atoms with Gasteiger partial charge in [0.25, 0.3) is 0 Å². The lowest BCUT2D eigenvalue weighted by Gasteiger charge is -2.08. The van der Waals surface area contributed by atoms with Crippen LogP contribution >= 0.6 is 0 Å². The number of hydrogen-bond donors (Lipinski definition) is 2. The lowest BCUT2D eigenvalue weighted by atomic mass is 10.3. The van der Waals surface area contributed by atoms with Crippen LogP contribution in [0.5, 0.6) is 5.75 Å². The van der Waals surface area contributed by atoms with Crippen LogP contribution in [0.1, 0.15) is 30.5 Å². The second-order valence-electron chi connectivity index (χ2n) is 6.22. The second-order valence-corrected chi connectivity index (χ2v) is 6.22. The van der Waals surface area contributed by atoms with Crippen LogP contribution < -0.4 is 10.1 Å². The molecule has 1 aromatic carbocycles. The van der Waals surface area contributed by atoms with Gasteiger partial charge in [0.1, 0.15) is 23.5 Å². The van der Waals surface area contributed by atoms with E-state index in [0.717, 1.165) is 47.0 Å². The van der Waals surface area contributed by atoms with E-state index < -0.39 is 0 Å². The van der Waals surface area contributed by atoms with Gasteiger partial charge >= 0.3 is 0 Å². The Hall–Kier alpha value is -3.42. The molecule has 0 bridgehead atoms. The van der Waals surface area contributed by atoms with E-state index >= 15 is 0 Å². The third-order valence-electron chi connectivity index (χ3n) is 4.25. The van der Waals surface area contributed by atoms with Gasteiger partial charge in [0, 0.05) is 17.8 Å². The predicted octanol–water partition coefficient (Wildman–Crippen LogP) is 3.54. The average Bonchev–Trinajstić information content (AvgIpc) is 3.21. The number of aromatic nitrogens is 5. The largest absolute Gasteiger partial charge is 0.485 e. The zero-order valence-corrected chi connectivity index (χ0v) is 13.8. The predicted molar refractivity (Wildman–Crippen MR) is 94.2 cm³/mol. The van der Waals surface area contributed by atoms with Crippen LogP contribution in [0.3, 0.4) is 0 Å². The Labute approximate surface area is 148 Å². The van der Waals surface area contributed by atoms with Crippen molar-refractivity contribution < 1.29 is 9.26 Å². The van der Waals surface area contributed by atoms with Crippen LogP contribution in [0.4, 0.5) is 11.5 Å². The number of H-pyrrole nitrogens is 1. The zero-order valence-electron chi connectivity index (χ0n) is 13.8. The molecule has 1 aliphatic carbocycles. The van der Waals surface area contributed by atoms with Crippen LogP contribution in [0.2, 0.25) is 0 Å². The summed E-state index contributed by atoms with van der Waals surface area (Å²) in [7, 11) is 0. The van der Waals surface area contributed by atoms with Crippen LogP contribution in [0.15, 0.2) is 47.4 Å². The number of aromatic amines is 1. The van der Waals surface area contributed by atoms with Crippen molar-refractivity contribution in [3.63, 3.8) is 0 Å². The first-order valence-corrected chi connectivity index (χ1v) is 8.45. The normalized spacial score (nSPS) is 13.8. The average molecular weight is 348 g/mol. The molecule has 2 N–H and O–H groups in total. The Morgan fingerprint density at radius 3 is 2.88 bits per heavy atom. The van der Waals surface area contributed by atoms with Crippen LogP contribution in [-0.2, 0) is 6.61 Å². The minimum atomic E-state index is 0.291. The number of benzene rings is 1. The van der Waals surface area contributed by atoms with Crippen molar-refractivity contribution in [1.29, 1.82) is 0 Å². The summed E-state index contributed by atoms with van der Waals surface area (Å²) in [5.74, 6) is 3.25. The maximum Gasteiger partial charge on any atom is 0.229 e. The molecule has 0 spiro atoms. The molecule has 5 rings (SSSR count). The molecule has 0 saturated heterocycles. The molecule has 8 heteroatoms. The molecule has 1 fully saturated rings. The Morgan fingerprint density at radius 1 is 1.15 bits per heavy atom. The first kappa shape index (κ1) is 14.9.